The van der Waals surface area contributed by atoms with Crippen LogP contribution >= 0.6 is 0 Å². The van der Waals surface area contributed by atoms with Crippen molar-refractivity contribution < 1.29 is 14.3 Å². The third-order valence-corrected chi connectivity index (χ3v) is 5.07. The Morgan fingerprint density at radius 3 is 2.83 bits per heavy atom. The van der Waals surface area contributed by atoms with E-state index < -0.39 is 23.7 Å². The molecule has 1 aliphatic heterocycles. The number of hydrogen-bond acceptors (Lipinski definition) is 6. The number of hydrogen-bond donors (Lipinski definition) is 1. The molecule has 2 aromatic heterocycles. The summed E-state index contributed by atoms with van der Waals surface area (Å²) in [5, 5.41) is 2.74. The zero-order chi connectivity index (χ0) is 21.6. The lowest BCUT2D eigenvalue weighted by Gasteiger charge is -2.14. The fourth-order valence-electron chi connectivity index (χ4n) is 3.68. The first-order valence-electron chi connectivity index (χ1n) is 9.67. The maximum absolute atomic E-state index is 12.8. The highest BCUT2D eigenvalue weighted by atomic mass is 16.5. The Morgan fingerprint density at radius 2 is 2.10 bits per heavy atom. The van der Waals surface area contributed by atoms with Crippen molar-refractivity contribution >= 4 is 22.8 Å². The number of nitrogens with one attached hydrogen (secondary N) is 1. The summed E-state index contributed by atoms with van der Waals surface area (Å²) in [6.45, 7) is 3.81. The van der Waals surface area contributed by atoms with Crippen molar-refractivity contribution in [1.82, 2.24) is 18.7 Å². The summed E-state index contributed by atoms with van der Waals surface area (Å²) in [5.74, 6) is 0.679. The summed E-state index contributed by atoms with van der Waals surface area (Å²) in [4.78, 5) is 42.2. The van der Waals surface area contributed by atoms with E-state index in [-0.39, 0.29) is 17.3 Å². The molecule has 3 heterocycles. The largest absolute Gasteiger partial charge is 0.492 e. The average molecular weight is 413 g/mol. The summed E-state index contributed by atoms with van der Waals surface area (Å²) >= 11 is 0. The van der Waals surface area contributed by atoms with Crippen LogP contribution in [0.2, 0.25) is 0 Å². The van der Waals surface area contributed by atoms with Crippen LogP contribution in [0, 0.1) is 0 Å². The molecule has 0 radical (unpaired) electrons. The molecule has 3 aromatic rings. The number of imidazole rings is 1. The Morgan fingerprint density at radius 1 is 1.33 bits per heavy atom. The van der Waals surface area contributed by atoms with Crippen molar-refractivity contribution in [1.29, 1.82) is 0 Å². The van der Waals surface area contributed by atoms with Crippen molar-refractivity contribution in [3.05, 3.63) is 44.9 Å². The van der Waals surface area contributed by atoms with Crippen molar-refractivity contribution in [2.24, 2.45) is 14.1 Å². The number of carbonyl (C=O) groups excluding carboxylic acids is 1. The van der Waals surface area contributed by atoms with Gasteiger partial charge in [0.1, 0.15) is 24.1 Å². The number of benzene rings is 1. The summed E-state index contributed by atoms with van der Waals surface area (Å²) in [6.07, 6.45) is 2.27. The summed E-state index contributed by atoms with van der Waals surface area (Å²) in [7, 11) is 3.17. The summed E-state index contributed by atoms with van der Waals surface area (Å²) in [5.41, 5.74) is 0.779. The predicted molar refractivity (Wildman–Crippen MR) is 110 cm³/mol. The van der Waals surface area contributed by atoms with E-state index in [1.165, 1.54) is 22.5 Å². The van der Waals surface area contributed by atoms with Crippen molar-refractivity contribution in [3.63, 3.8) is 0 Å². The molecule has 158 valence electrons. The minimum atomic E-state index is -0.613. The molecule has 0 aliphatic carbocycles. The molecule has 10 heteroatoms. The fourth-order valence-corrected chi connectivity index (χ4v) is 3.68. The topological polar surface area (TPSA) is 109 Å². The number of aryl methyl sites for hydroxylation is 2. The summed E-state index contributed by atoms with van der Waals surface area (Å²) < 4.78 is 15.1. The number of aromatic nitrogens is 4. The molecule has 0 fully saturated rings. The van der Waals surface area contributed by atoms with Crippen molar-refractivity contribution in [2.75, 3.05) is 11.9 Å². The number of amides is 1. The second-order valence-electron chi connectivity index (χ2n) is 7.33. The predicted octanol–water partition coefficient (Wildman–Crippen LogP) is 0.794. The van der Waals surface area contributed by atoms with E-state index >= 15 is 0 Å². The van der Waals surface area contributed by atoms with Crippen LogP contribution in [-0.4, -0.2) is 37.3 Å². The maximum Gasteiger partial charge on any atom is 0.332 e. The highest BCUT2D eigenvalue weighted by Gasteiger charge is 2.23. The third kappa shape index (κ3) is 3.23. The van der Waals surface area contributed by atoms with Crippen LogP contribution in [0.15, 0.2) is 28.0 Å². The first kappa shape index (κ1) is 19.7. The third-order valence-electron chi connectivity index (χ3n) is 5.07. The fraction of sp³-hybridized carbons (Fsp3) is 0.400. The Labute approximate surface area is 171 Å². The lowest BCUT2D eigenvalue weighted by molar-refractivity contribution is -0.116. The second kappa shape index (κ2) is 7.36. The normalized spacial score (nSPS) is 15.1. The van der Waals surface area contributed by atoms with Gasteiger partial charge in [0.2, 0.25) is 5.91 Å². The number of fused-ring (bicyclic) bond motifs is 2. The van der Waals surface area contributed by atoms with Gasteiger partial charge in [-0.05, 0) is 19.9 Å². The van der Waals surface area contributed by atoms with Gasteiger partial charge >= 0.3 is 5.69 Å². The molecule has 1 unspecified atom stereocenters. The minimum absolute atomic E-state index is 0.0487. The van der Waals surface area contributed by atoms with Crippen LogP contribution in [-0.2, 0) is 31.9 Å². The van der Waals surface area contributed by atoms with Crippen LogP contribution in [0.4, 0.5) is 5.69 Å². The van der Waals surface area contributed by atoms with E-state index in [0.717, 1.165) is 16.6 Å². The van der Waals surface area contributed by atoms with Gasteiger partial charge in [-0.1, -0.05) is 0 Å². The van der Waals surface area contributed by atoms with Crippen LogP contribution in [0.3, 0.4) is 0 Å². The van der Waals surface area contributed by atoms with Gasteiger partial charge in [-0.2, -0.15) is 0 Å². The molecule has 1 amide bonds. The second-order valence-corrected chi connectivity index (χ2v) is 7.33. The van der Waals surface area contributed by atoms with Gasteiger partial charge in [-0.25, -0.2) is 14.3 Å². The molecular weight excluding hydrogens is 390 g/mol. The molecule has 0 saturated carbocycles. The molecule has 30 heavy (non-hydrogen) atoms. The van der Waals surface area contributed by atoms with E-state index in [1.54, 1.807) is 13.1 Å². The average Bonchev–Trinajstić information content (AvgIpc) is 3.25. The maximum atomic E-state index is 12.8. The molecular formula is C20H23N5O5. The number of carbonyl (C=O) groups is 1. The zero-order valence-electron chi connectivity index (χ0n) is 17.3. The number of anilines is 1. The molecule has 4 rings (SSSR count). The van der Waals surface area contributed by atoms with Crippen LogP contribution in [0.5, 0.6) is 11.5 Å². The van der Waals surface area contributed by atoms with Crippen molar-refractivity contribution in [2.45, 2.75) is 32.9 Å². The van der Waals surface area contributed by atoms with E-state index in [2.05, 4.69) is 10.3 Å². The molecule has 1 N–H and O–H groups in total. The lowest BCUT2D eigenvalue weighted by atomic mass is 10.1. The van der Waals surface area contributed by atoms with Crippen molar-refractivity contribution in [3.8, 4) is 11.5 Å². The molecule has 0 spiro atoms. The number of ether oxygens (including phenoxy) is 2. The van der Waals surface area contributed by atoms with Crippen LogP contribution in [0.1, 0.15) is 19.4 Å². The van der Waals surface area contributed by atoms with Gasteiger partial charge in [-0.15, -0.1) is 0 Å². The Balaban J connectivity index is 1.67. The van der Waals surface area contributed by atoms with E-state index in [1.807, 2.05) is 19.9 Å². The zero-order valence-corrected chi connectivity index (χ0v) is 17.3. The van der Waals surface area contributed by atoms with Crippen LogP contribution in [0.25, 0.3) is 11.2 Å². The lowest BCUT2D eigenvalue weighted by Crippen LogP contribution is -2.42. The summed E-state index contributed by atoms with van der Waals surface area (Å²) in [6, 6.07) is 3.57. The standard InChI is InChI=1S/C20H23N5O5/c1-5-29-15-7-12-6-11(2)30-14(12)8-13(15)22-16(26)9-25-19(27)17-18(21-10-23(17)3)24(4)20(25)28/h7-8,10-11H,5-6,9H2,1-4H3,(H,22,26). The van der Waals surface area contributed by atoms with Gasteiger partial charge in [0, 0.05) is 32.1 Å². The molecule has 0 bridgehead atoms. The van der Waals surface area contributed by atoms with E-state index in [9.17, 15) is 14.4 Å². The molecule has 1 aromatic carbocycles. The van der Waals surface area contributed by atoms with Gasteiger partial charge in [0.05, 0.1) is 18.6 Å². The van der Waals surface area contributed by atoms with E-state index in [0.29, 0.717) is 23.8 Å². The Hall–Kier alpha value is -3.56. The monoisotopic (exact) mass is 413 g/mol. The smallest absolute Gasteiger partial charge is 0.332 e. The molecule has 1 atom stereocenters. The number of nitrogens with zero attached hydrogens (tertiary/aromatic N) is 4. The van der Waals surface area contributed by atoms with Gasteiger partial charge < -0.3 is 19.4 Å². The highest BCUT2D eigenvalue weighted by molar-refractivity contribution is 5.92. The van der Waals surface area contributed by atoms with Gasteiger partial charge in [0.15, 0.2) is 11.2 Å². The first-order chi connectivity index (χ1) is 14.3. The van der Waals surface area contributed by atoms with Gasteiger partial charge in [0.25, 0.3) is 5.56 Å². The Kier molecular flexibility index (Phi) is 4.84. The SMILES string of the molecule is CCOc1cc2c(cc1NC(=O)Cn1c(=O)c3c(ncn3C)n(C)c1=O)OC(C)C2. The minimum Gasteiger partial charge on any atom is -0.492 e. The Bertz CT molecular complexity index is 1270. The highest BCUT2D eigenvalue weighted by Crippen LogP contribution is 2.38. The quantitative estimate of drug-likeness (QED) is 0.663. The first-order valence-corrected chi connectivity index (χ1v) is 9.67. The molecule has 10 nitrogen and oxygen atoms in total. The molecule has 1 aliphatic rings. The van der Waals surface area contributed by atoms with Crippen LogP contribution < -0.4 is 26.0 Å². The van der Waals surface area contributed by atoms with Gasteiger partial charge in [-0.3, -0.25) is 14.2 Å². The van der Waals surface area contributed by atoms with E-state index in [4.69, 9.17) is 9.47 Å². The number of rotatable bonds is 5. The molecule has 0 saturated heterocycles.